The second-order valence-electron chi connectivity index (χ2n) is 4.91. The number of thiazole rings is 1. The van der Waals surface area contributed by atoms with Crippen molar-refractivity contribution in [2.45, 2.75) is 46.7 Å². The maximum absolute atomic E-state index is 11.8. The Morgan fingerprint density at radius 2 is 2.05 bits per heavy atom. The van der Waals surface area contributed by atoms with E-state index in [9.17, 15) is 9.59 Å². The lowest BCUT2D eigenvalue weighted by Gasteiger charge is -2.20. The van der Waals surface area contributed by atoms with Crippen molar-refractivity contribution in [1.29, 1.82) is 0 Å². The highest BCUT2D eigenvalue weighted by Crippen LogP contribution is 2.17. The molecular formula is C13H21N3O3S. The number of carbonyl (C=O) groups is 2. The van der Waals surface area contributed by atoms with Gasteiger partial charge in [-0.25, -0.2) is 14.6 Å². The van der Waals surface area contributed by atoms with Crippen LogP contribution in [0.4, 0.5) is 4.79 Å². The van der Waals surface area contributed by atoms with Gasteiger partial charge in [0.05, 0.1) is 12.2 Å². The predicted octanol–water partition coefficient (Wildman–Crippen LogP) is 2.38. The molecule has 7 heteroatoms. The number of hydrogen-bond donors (Lipinski definition) is 3. The fourth-order valence-electron chi connectivity index (χ4n) is 1.84. The fourth-order valence-corrected chi connectivity index (χ4v) is 2.68. The van der Waals surface area contributed by atoms with E-state index in [4.69, 9.17) is 5.11 Å². The van der Waals surface area contributed by atoms with Gasteiger partial charge < -0.3 is 15.7 Å². The first-order chi connectivity index (χ1) is 9.35. The average molecular weight is 299 g/mol. The molecule has 1 unspecified atom stereocenters. The summed E-state index contributed by atoms with van der Waals surface area (Å²) >= 11 is 1.09. The van der Waals surface area contributed by atoms with Crippen LogP contribution in [0, 0.1) is 12.8 Å². The number of nitrogens with one attached hydrogen (secondary N) is 2. The average Bonchev–Trinajstić information content (AvgIpc) is 2.74. The van der Waals surface area contributed by atoms with Crippen molar-refractivity contribution < 1.29 is 14.7 Å². The molecule has 1 heterocycles. The Kier molecular flexibility index (Phi) is 5.94. The minimum atomic E-state index is -0.985. The number of aromatic carboxylic acids is 1. The molecule has 0 aliphatic rings. The van der Waals surface area contributed by atoms with Crippen LogP contribution in [-0.4, -0.2) is 28.1 Å². The number of carboxylic acid groups (broad SMARTS) is 1. The van der Waals surface area contributed by atoms with Gasteiger partial charge in [0.1, 0.15) is 9.88 Å². The monoisotopic (exact) mass is 299 g/mol. The van der Waals surface area contributed by atoms with E-state index in [-0.39, 0.29) is 23.5 Å². The number of aryl methyl sites for hydroxylation is 1. The standard InChI is InChI=1S/C13H21N3O3S/c1-5-9(7(2)3)16-13(19)14-6-10-15-8(4)11(20-10)12(17)18/h7,9H,5-6H2,1-4H3,(H,17,18)(H2,14,16,19). The number of aromatic nitrogens is 1. The maximum atomic E-state index is 11.8. The van der Waals surface area contributed by atoms with Crippen LogP contribution in [0.15, 0.2) is 0 Å². The van der Waals surface area contributed by atoms with Gasteiger partial charge in [0, 0.05) is 6.04 Å². The van der Waals surface area contributed by atoms with Crippen LogP contribution >= 0.6 is 11.3 Å². The summed E-state index contributed by atoms with van der Waals surface area (Å²) in [5.41, 5.74) is 0.480. The number of urea groups is 1. The van der Waals surface area contributed by atoms with Crippen molar-refractivity contribution >= 4 is 23.3 Å². The first-order valence-corrected chi connectivity index (χ1v) is 7.40. The largest absolute Gasteiger partial charge is 0.477 e. The molecule has 0 aromatic carbocycles. The molecule has 3 N–H and O–H groups in total. The van der Waals surface area contributed by atoms with Crippen molar-refractivity contribution in [3.63, 3.8) is 0 Å². The molecule has 2 amide bonds. The molecule has 0 saturated heterocycles. The molecule has 6 nitrogen and oxygen atoms in total. The van der Waals surface area contributed by atoms with Gasteiger partial charge in [0.15, 0.2) is 0 Å². The third-order valence-corrected chi connectivity index (χ3v) is 4.14. The second-order valence-corrected chi connectivity index (χ2v) is 6.00. The van der Waals surface area contributed by atoms with Crippen molar-refractivity contribution in [2.75, 3.05) is 0 Å². The van der Waals surface area contributed by atoms with E-state index in [0.717, 1.165) is 17.8 Å². The quantitative estimate of drug-likeness (QED) is 0.752. The summed E-state index contributed by atoms with van der Waals surface area (Å²) in [6.07, 6.45) is 0.866. The zero-order valence-electron chi connectivity index (χ0n) is 12.2. The minimum Gasteiger partial charge on any atom is -0.477 e. The SMILES string of the molecule is CCC(NC(=O)NCc1nc(C)c(C(=O)O)s1)C(C)C. The van der Waals surface area contributed by atoms with Crippen molar-refractivity contribution in [3.8, 4) is 0 Å². The van der Waals surface area contributed by atoms with Gasteiger partial charge in [-0.15, -0.1) is 11.3 Å². The van der Waals surface area contributed by atoms with Crippen molar-refractivity contribution in [3.05, 3.63) is 15.6 Å². The van der Waals surface area contributed by atoms with E-state index in [1.165, 1.54) is 0 Å². The first kappa shape index (κ1) is 16.4. The van der Waals surface area contributed by atoms with Gasteiger partial charge in [-0.2, -0.15) is 0 Å². The van der Waals surface area contributed by atoms with Crippen molar-refractivity contribution in [1.82, 2.24) is 15.6 Å². The van der Waals surface area contributed by atoms with Crippen LogP contribution in [0.1, 0.15) is 47.6 Å². The topological polar surface area (TPSA) is 91.3 Å². The third kappa shape index (κ3) is 4.48. The highest BCUT2D eigenvalue weighted by Gasteiger charge is 2.16. The Balaban J connectivity index is 2.53. The molecule has 0 fully saturated rings. The predicted molar refractivity (Wildman–Crippen MR) is 78.1 cm³/mol. The number of carbonyl (C=O) groups excluding carboxylic acids is 1. The lowest BCUT2D eigenvalue weighted by atomic mass is 10.0. The second kappa shape index (κ2) is 7.23. The molecular weight excluding hydrogens is 278 g/mol. The molecule has 0 radical (unpaired) electrons. The van der Waals surface area contributed by atoms with Gasteiger partial charge in [0.25, 0.3) is 0 Å². The Bertz CT molecular complexity index is 485. The molecule has 0 bridgehead atoms. The Labute approximate surface area is 122 Å². The number of amides is 2. The maximum Gasteiger partial charge on any atom is 0.347 e. The highest BCUT2D eigenvalue weighted by atomic mass is 32.1. The summed E-state index contributed by atoms with van der Waals surface area (Å²) in [6.45, 7) is 8.01. The Morgan fingerprint density at radius 3 is 2.50 bits per heavy atom. The fraction of sp³-hybridized carbons (Fsp3) is 0.615. The van der Waals surface area contributed by atoms with Crippen LogP contribution in [-0.2, 0) is 6.54 Å². The molecule has 1 aromatic rings. The summed E-state index contributed by atoms with van der Waals surface area (Å²) in [7, 11) is 0. The normalized spacial score (nSPS) is 12.2. The molecule has 1 rings (SSSR count). The van der Waals surface area contributed by atoms with E-state index in [1.807, 2.05) is 6.92 Å². The van der Waals surface area contributed by atoms with Gasteiger partial charge in [0.2, 0.25) is 0 Å². The molecule has 0 spiro atoms. The molecule has 1 aromatic heterocycles. The summed E-state index contributed by atoms with van der Waals surface area (Å²) in [6, 6.07) is -0.127. The van der Waals surface area contributed by atoms with E-state index >= 15 is 0 Å². The molecule has 0 aliphatic heterocycles. The molecule has 1 atom stereocenters. The third-order valence-electron chi connectivity index (χ3n) is 3.00. The highest BCUT2D eigenvalue weighted by molar-refractivity contribution is 7.13. The van der Waals surface area contributed by atoms with Crippen LogP contribution < -0.4 is 10.6 Å². The van der Waals surface area contributed by atoms with Gasteiger partial charge in [-0.3, -0.25) is 0 Å². The van der Waals surface area contributed by atoms with Gasteiger partial charge in [-0.05, 0) is 19.3 Å². The molecule has 112 valence electrons. The zero-order chi connectivity index (χ0) is 15.3. The summed E-state index contributed by atoms with van der Waals surface area (Å²) in [5, 5.41) is 15.1. The molecule has 0 aliphatic carbocycles. The van der Waals surface area contributed by atoms with Crippen molar-refractivity contribution in [2.24, 2.45) is 5.92 Å². The lowest BCUT2D eigenvalue weighted by molar-refractivity contribution is 0.0701. The van der Waals surface area contributed by atoms with Crippen LogP contribution in [0.25, 0.3) is 0 Å². The molecule has 20 heavy (non-hydrogen) atoms. The first-order valence-electron chi connectivity index (χ1n) is 6.59. The molecule has 0 saturated carbocycles. The Hall–Kier alpha value is -1.63. The smallest absolute Gasteiger partial charge is 0.347 e. The van der Waals surface area contributed by atoms with E-state index < -0.39 is 5.97 Å². The minimum absolute atomic E-state index is 0.127. The Morgan fingerprint density at radius 1 is 1.40 bits per heavy atom. The van der Waals surface area contributed by atoms with Gasteiger partial charge in [-0.1, -0.05) is 20.8 Å². The summed E-state index contributed by atoms with van der Waals surface area (Å²) in [4.78, 5) is 27.0. The van der Waals surface area contributed by atoms with E-state index in [1.54, 1.807) is 6.92 Å². The summed E-state index contributed by atoms with van der Waals surface area (Å²) < 4.78 is 0. The van der Waals surface area contributed by atoms with Crippen LogP contribution in [0.5, 0.6) is 0 Å². The van der Waals surface area contributed by atoms with E-state index in [2.05, 4.69) is 29.5 Å². The van der Waals surface area contributed by atoms with E-state index in [0.29, 0.717) is 16.6 Å². The lowest BCUT2D eigenvalue weighted by Crippen LogP contribution is -2.43. The zero-order valence-corrected chi connectivity index (χ0v) is 13.0. The van der Waals surface area contributed by atoms with Gasteiger partial charge >= 0.3 is 12.0 Å². The number of rotatable bonds is 6. The van der Waals surface area contributed by atoms with Crippen LogP contribution in [0.3, 0.4) is 0 Å². The number of nitrogens with zero attached hydrogens (tertiary/aromatic N) is 1. The number of carboxylic acids is 1. The summed E-state index contributed by atoms with van der Waals surface area (Å²) in [5.74, 6) is -0.618. The number of hydrogen-bond acceptors (Lipinski definition) is 4. The van der Waals surface area contributed by atoms with Crippen LogP contribution in [0.2, 0.25) is 0 Å².